The van der Waals surface area contributed by atoms with Crippen molar-refractivity contribution < 1.29 is 0 Å². The van der Waals surface area contributed by atoms with Gasteiger partial charge in [-0.05, 0) is 25.1 Å². The van der Waals surface area contributed by atoms with Crippen LogP contribution >= 0.6 is 23.2 Å². The maximum Gasteiger partial charge on any atom is 0.229 e. The van der Waals surface area contributed by atoms with Crippen LogP contribution in [-0.4, -0.2) is 9.97 Å². The number of hydrogen-bond acceptors (Lipinski definition) is 4. The Morgan fingerprint density at radius 3 is 2.53 bits per heavy atom. The Bertz CT molecular complexity index is 537. The number of halogens is 2. The molecule has 0 aliphatic rings. The van der Waals surface area contributed by atoms with E-state index >= 15 is 0 Å². The van der Waals surface area contributed by atoms with Gasteiger partial charge in [-0.25, -0.2) is 4.98 Å². The minimum Gasteiger partial charge on any atom is -0.384 e. The Morgan fingerprint density at radius 1 is 1.12 bits per heavy atom. The first-order chi connectivity index (χ1) is 8.04. The SMILES string of the molecule is Cc1cc(N)nc(Nc2ccc(Cl)c(Cl)c2)n1. The Kier molecular flexibility index (Phi) is 3.36. The van der Waals surface area contributed by atoms with Crippen LogP contribution in [0.5, 0.6) is 0 Å². The number of nitrogen functional groups attached to an aromatic ring is 1. The summed E-state index contributed by atoms with van der Waals surface area (Å²) in [6.45, 7) is 1.85. The molecule has 3 N–H and O–H groups in total. The summed E-state index contributed by atoms with van der Waals surface area (Å²) in [6.07, 6.45) is 0. The van der Waals surface area contributed by atoms with Gasteiger partial charge in [0.05, 0.1) is 10.0 Å². The van der Waals surface area contributed by atoms with Crippen LogP contribution in [0.15, 0.2) is 24.3 Å². The van der Waals surface area contributed by atoms with Gasteiger partial charge in [-0.3, -0.25) is 0 Å². The van der Waals surface area contributed by atoms with Crippen LogP contribution in [0.4, 0.5) is 17.5 Å². The van der Waals surface area contributed by atoms with E-state index in [0.717, 1.165) is 11.4 Å². The summed E-state index contributed by atoms with van der Waals surface area (Å²) >= 11 is 11.7. The molecule has 2 rings (SSSR count). The van der Waals surface area contributed by atoms with Crippen LogP contribution in [0.2, 0.25) is 10.0 Å². The minimum absolute atomic E-state index is 0.417. The summed E-state index contributed by atoms with van der Waals surface area (Å²) in [5.74, 6) is 0.848. The van der Waals surface area contributed by atoms with Crippen molar-refractivity contribution in [1.82, 2.24) is 9.97 Å². The fourth-order valence-corrected chi connectivity index (χ4v) is 1.65. The summed E-state index contributed by atoms with van der Waals surface area (Å²) < 4.78 is 0. The minimum atomic E-state index is 0.417. The van der Waals surface area contributed by atoms with Crippen molar-refractivity contribution in [2.24, 2.45) is 0 Å². The molecule has 2 aromatic rings. The Labute approximate surface area is 109 Å². The van der Waals surface area contributed by atoms with Crippen molar-refractivity contribution in [2.45, 2.75) is 6.92 Å². The molecule has 4 nitrogen and oxygen atoms in total. The van der Waals surface area contributed by atoms with E-state index in [1.807, 2.05) is 6.92 Å². The first-order valence-corrected chi connectivity index (χ1v) is 5.63. The van der Waals surface area contributed by atoms with Crippen molar-refractivity contribution in [1.29, 1.82) is 0 Å². The zero-order valence-corrected chi connectivity index (χ0v) is 10.5. The fourth-order valence-electron chi connectivity index (χ4n) is 1.35. The standard InChI is InChI=1S/C11H10Cl2N4/c1-6-4-10(14)17-11(15-6)16-7-2-3-8(12)9(13)5-7/h2-5H,1H3,(H3,14,15,16,17). The van der Waals surface area contributed by atoms with Crippen molar-refractivity contribution in [3.63, 3.8) is 0 Å². The van der Waals surface area contributed by atoms with Crippen molar-refractivity contribution >= 4 is 40.7 Å². The lowest BCUT2D eigenvalue weighted by atomic mass is 10.3. The number of benzene rings is 1. The van der Waals surface area contributed by atoms with Crippen LogP contribution in [0, 0.1) is 6.92 Å². The van der Waals surface area contributed by atoms with Gasteiger partial charge >= 0.3 is 0 Å². The molecule has 0 radical (unpaired) electrons. The molecule has 0 aliphatic heterocycles. The number of nitrogens with zero attached hydrogens (tertiary/aromatic N) is 2. The van der Waals surface area contributed by atoms with Gasteiger partial charge in [0.15, 0.2) is 0 Å². The van der Waals surface area contributed by atoms with Gasteiger partial charge in [-0.1, -0.05) is 23.2 Å². The highest BCUT2D eigenvalue weighted by Crippen LogP contribution is 2.26. The Balaban J connectivity index is 2.28. The first-order valence-electron chi connectivity index (χ1n) is 4.88. The number of anilines is 3. The predicted octanol–water partition coefficient (Wildman–Crippen LogP) is 3.42. The Hall–Kier alpha value is -1.52. The van der Waals surface area contributed by atoms with Crippen molar-refractivity contribution in [3.8, 4) is 0 Å². The molecule has 1 aromatic carbocycles. The zero-order valence-electron chi connectivity index (χ0n) is 9.04. The maximum absolute atomic E-state index is 5.91. The summed E-state index contributed by atoms with van der Waals surface area (Å²) in [5.41, 5.74) is 7.17. The fraction of sp³-hybridized carbons (Fsp3) is 0.0909. The van der Waals surface area contributed by atoms with Crippen LogP contribution in [-0.2, 0) is 0 Å². The molecule has 1 heterocycles. The van der Waals surface area contributed by atoms with Gasteiger partial charge in [0, 0.05) is 17.4 Å². The molecule has 0 aliphatic carbocycles. The molecule has 0 fully saturated rings. The molecule has 0 spiro atoms. The molecule has 0 unspecified atom stereocenters. The lowest BCUT2D eigenvalue weighted by Gasteiger charge is -2.07. The van der Waals surface area contributed by atoms with Crippen LogP contribution in [0.3, 0.4) is 0 Å². The van der Waals surface area contributed by atoms with E-state index in [9.17, 15) is 0 Å². The molecule has 0 bridgehead atoms. The lowest BCUT2D eigenvalue weighted by molar-refractivity contribution is 1.11. The molecule has 17 heavy (non-hydrogen) atoms. The molecule has 0 saturated heterocycles. The van der Waals surface area contributed by atoms with E-state index < -0.39 is 0 Å². The maximum atomic E-state index is 5.91. The summed E-state index contributed by atoms with van der Waals surface area (Å²) in [7, 11) is 0. The van der Waals surface area contributed by atoms with Gasteiger partial charge < -0.3 is 11.1 Å². The molecular formula is C11H10Cl2N4. The van der Waals surface area contributed by atoms with E-state index in [4.69, 9.17) is 28.9 Å². The lowest BCUT2D eigenvalue weighted by Crippen LogP contribution is -2.01. The van der Waals surface area contributed by atoms with Crippen molar-refractivity contribution in [2.75, 3.05) is 11.1 Å². The van der Waals surface area contributed by atoms with Gasteiger partial charge in [-0.2, -0.15) is 4.98 Å². The quantitative estimate of drug-likeness (QED) is 0.876. The zero-order chi connectivity index (χ0) is 12.4. The highest BCUT2D eigenvalue weighted by Gasteiger charge is 2.03. The van der Waals surface area contributed by atoms with Crippen LogP contribution < -0.4 is 11.1 Å². The average molecular weight is 269 g/mol. The summed E-state index contributed by atoms with van der Waals surface area (Å²) in [6, 6.07) is 6.88. The second-order valence-electron chi connectivity index (χ2n) is 3.51. The summed E-state index contributed by atoms with van der Waals surface area (Å²) in [5, 5.41) is 3.98. The third-order valence-corrected chi connectivity index (χ3v) is 2.79. The summed E-state index contributed by atoms with van der Waals surface area (Å²) in [4.78, 5) is 8.26. The number of aromatic nitrogens is 2. The molecule has 1 aromatic heterocycles. The molecular weight excluding hydrogens is 259 g/mol. The highest BCUT2D eigenvalue weighted by atomic mass is 35.5. The largest absolute Gasteiger partial charge is 0.384 e. The number of rotatable bonds is 2. The van der Waals surface area contributed by atoms with Crippen LogP contribution in [0.1, 0.15) is 5.69 Å². The molecule has 88 valence electrons. The predicted molar refractivity (Wildman–Crippen MR) is 70.9 cm³/mol. The average Bonchev–Trinajstić information content (AvgIpc) is 2.22. The number of aryl methyl sites for hydroxylation is 1. The van der Waals surface area contributed by atoms with Crippen LogP contribution in [0.25, 0.3) is 0 Å². The van der Waals surface area contributed by atoms with Crippen molar-refractivity contribution in [3.05, 3.63) is 40.0 Å². The normalized spacial score (nSPS) is 10.3. The van der Waals surface area contributed by atoms with Gasteiger partial charge in [0.25, 0.3) is 0 Å². The van der Waals surface area contributed by atoms with E-state index in [0.29, 0.717) is 21.8 Å². The van der Waals surface area contributed by atoms with E-state index in [1.165, 1.54) is 0 Å². The smallest absolute Gasteiger partial charge is 0.229 e. The van der Waals surface area contributed by atoms with Gasteiger partial charge in [0.1, 0.15) is 5.82 Å². The number of hydrogen-bond donors (Lipinski definition) is 2. The topological polar surface area (TPSA) is 63.8 Å². The highest BCUT2D eigenvalue weighted by molar-refractivity contribution is 6.42. The van der Waals surface area contributed by atoms with Gasteiger partial charge in [0.2, 0.25) is 5.95 Å². The first kappa shape index (κ1) is 12.0. The Morgan fingerprint density at radius 2 is 1.88 bits per heavy atom. The second kappa shape index (κ2) is 4.77. The molecule has 0 atom stereocenters. The second-order valence-corrected chi connectivity index (χ2v) is 4.33. The third kappa shape index (κ3) is 2.99. The third-order valence-electron chi connectivity index (χ3n) is 2.05. The van der Waals surface area contributed by atoms with E-state index in [2.05, 4.69) is 15.3 Å². The number of nitrogens with one attached hydrogen (secondary N) is 1. The molecule has 6 heteroatoms. The number of nitrogens with two attached hydrogens (primary N) is 1. The molecule has 0 saturated carbocycles. The molecule has 0 amide bonds. The monoisotopic (exact) mass is 268 g/mol. The van der Waals surface area contributed by atoms with Gasteiger partial charge in [-0.15, -0.1) is 0 Å². The van der Waals surface area contributed by atoms with E-state index in [-0.39, 0.29) is 0 Å². The van der Waals surface area contributed by atoms with E-state index in [1.54, 1.807) is 24.3 Å².